The fourth-order valence-electron chi connectivity index (χ4n) is 3.77. The van der Waals surface area contributed by atoms with Gasteiger partial charge >= 0.3 is 6.00 Å². The highest BCUT2D eigenvalue weighted by molar-refractivity contribution is 7.64. The topological polar surface area (TPSA) is 9.23 Å². The van der Waals surface area contributed by atoms with E-state index in [1.807, 2.05) is 0 Å². The molecule has 0 spiro atoms. The molecule has 0 heterocycles. The van der Waals surface area contributed by atoms with Gasteiger partial charge in [0.1, 0.15) is 5.75 Å². The van der Waals surface area contributed by atoms with Crippen molar-refractivity contribution in [1.29, 1.82) is 0 Å². The minimum absolute atomic E-state index is 0.614. The lowest BCUT2D eigenvalue weighted by Crippen LogP contribution is -2.13. The van der Waals surface area contributed by atoms with Gasteiger partial charge in [-0.05, 0) is 67.7 Å². The molecule has 25 heavy (non-hydrogen) atoms. The molecular weight excluding hydrogens is 391 g/mol. The first kappa shape index (κ1) is 21.4. The zero-order valence-electron chi connectivity index (χ0n) is 15.3. The number of rotatable bonds is 10. The van der Waals surface area contributed by atoms with Gasteiger partial charge in [-0.25, -0.2) is 0 Å². The molecule has 142 valence electrons. The largest absolute Gasteiger partial charge is 0.494 e. The van der Waals surface area contributed by atoms with Crippen molar-refractivity contribution in [2.24, 2.45) is 5.92 Å². The summed E-state index contributed by atoms with van der Waals surface area (Å²) in [7, 11) is 0. The van der Waals surface area contributed by atoms with E-state index in [1.165, 1.54) is 56.9 Å². The quantitative estimate of drug-likeness (QED) is 0.211. The molecule has 0 radical (unpaired) electrons. The Kier molecular flexibility index (Phi) is 9.47. The van der Waals surface area contributed by atoms with Crippen LogP contribution in [0.25, 0.3) is 0 Å². The molecule has 0 N–H and O–H groups in total. The summed E-state index contributed by atoms with van der Waals surface area (Å²) in [6.07, 6.45) is 11.8. The molecule has 1 nitrogen and oxygen atoms in total. The lowest BCUT2D eigenvalue weighted by atomic mass is 9.77. The van der Waals surface area contributed by atoms with Crippen LogP contribution >= 0.6 is 33.2 Å². The van der Waals surface area contributed by atoms with Crippen molar-refractivity contribution in [1.82, 2.24) is 0 Å². The minimum atomic E-state index is -2.51. The highest BCUT2D eigenvalue weighted by Crippen LogP contribution is 2.38. The van der Waals surface area contributed by atoms with Gasteiger partial charge in [0.15, 0.2) is 0 Å². The number of unbranched alkanes of at least 4 members (excludes halogenated alkanes) is 2. The van der Waals surface area contributed by atoms with Crippen LogP contribution in [0.3, 0.4) is 0 Å². The van der Waals surface area contributed by atoms with Crippen LogP contribution in [-0.4, -0.2) is 12.6 Å². The lowest BCUT2D eigenvalue weighted by Gasteiger charge is -2.29. The summed E-state index contributed by atoms with van der Waals surface area (Å²) in [6, 6.07) is 6.80. The summed E-state index contributed by atoms with van der Waals surface area (Å²) in [5, 5.41) is 0. The van der Waals surface area contributed by atoms with Crippen LogP contribution in [0.2, 0.25) is 6.04 Å². The van der Waals surface area contributed by atoms with E-state index in [4.69, 9.17) is 38.0 Å². The molecule has 5 heteroatoms. The van der Waals surface area contributed by atoms with Gasteiger partial charge in [-0.2, -0.15) is 0 Å². The predicted octanol–water partition coefficient (Wildman–Crippen LogP) is 7.96. The van der Waals surface area contributed by atoms with Gasteiger partial charge in [0.2, 0.25) is 0 Å². The van der Waals surface area contributed by atoms with Gasteiger partial charge in [-0.3, -0.25) is 0 Å². The van der Waals surface area contributed by atoms with E-state index in [0.717, 1.165) is 24.0 Å². The zero-order valence-corrected chi connectivity index (χ0v) is 18.6. The van der Waals surface area contributed by atoms with Crippen molar-refractivity contribution >= 4 is 39.2 Å². The molecule has 1 aromatic carbocycles. The smallest absolute Gasteiger partial charge is 0.341 e. The van der Waals surface area contributed by atoms with Crippen molar-refractivity contribution in [2.45, 2.75) is 76.7 Å². The molecule has 1 saturated carbocycles. The first-order valence-corrected chi connectivity index (χ1v) is 15.0. The van der Waals surface area contributed by atoms with E-state index in [9.17, 15) is 0 Å². The van der Waals surface area contributed by atoms with E-state index in [1.54, 1.807) is 0 Å². The van der Waals surface area contributed by atoms with E-state index in [0.29, 0.717) is 12.7 Å². The van der Waals surface area contributed by atoms with Crippen molar-refractivity contribution < 1.29 is 4.74 Å². The average Bonchev–Trinajstić information content (AvgIpc) is 2.59. The normalized spacial score (nSPS) is 21.3. The second-order valence-electron chi connectivity index (χ2n) is 7.35. The number of hydrogen-bond donors (Lipinski definition) is 0. The molecule has 2 rings (SSSR count). The summed E-state index contributed by atoms with van der Waals surface area (Å²) in [6.45, 7) is 2.90. The first-order chi connectivity index (χ1) is 12.0. The minimum Gasteiger partial charge on any atom is -0.494 e. The van der Waals surface area contributed by atoms with Gasteiger partial charge in [0.05, 0.1) is 6.61 Å². The maximum absolute atomic E-state index is 5.88. The monoisotopic (exact) mass is 420 g/mol. The second-order valence-corrected chi connectivity index (χ2v) is 16.6. The molecule has 1 aliphatic rings. The molecular formula is C20H31Cl3OSi. The van der Waals surface area contributed by atoms with Crippen LogP contribution in [0, 0.1) is 5.92 Å². The summed E-state index contributed by atoms with van der Waals surface area (Å²) in [5.74, 6) is 2.61. The third-order valence-corrected chi connectivity index (χ3v) is 7.91. The Hall–Kier alpha value is 0.107. The molecule has 1 fully saturated rings. The Morgan fingerprint density at radius 1 is 0.960 bits per heavy atom. The van der Waals surface area contributed by atoms with Crippen LogP contribution in [0.4, 0.5) is 0 Å². The maximum Gasteiger partial charge on any atom is 0.341 e. The molecule has 0 bridgehead atoms. The number of hydrogen-bond acceptors (Lipinski definition) is 1. The van der Waals surface area contributed by atoms with E-state index >= 15 is 0 Å². The Labute approximate surface area is 168 Å². The summed E-state index contributed by atoms with van der Waals surface area (Å²) >= 11 is 17.6. The fourth-order valence-corrected chi connectivity index (χ4v) is 5.51. The number of halogens is 3. The van der Waals surface area contributed by atoms with Crippen molar-refractivity contribution in [2.75, 3.05) is 6.61 Å². The maximum atomic E-state index is 5.88. The summed E-state index contributed by atoms with van der Waals surface area (Å²) < 4.78 is 5.76. The average molecular weight is 422 g/mol. The fraction of sp³-hybridized carbons (Fsp3) is 0.700. The Morgan fingerprint density at radius 3 is 2.24 bits per heavy atom. The third kappa shape index (κ3) is 8.56. The highest BCUT2D eigenvalue weighted by atomic mass is 35.8. The van der Waals surface area contributed by atoms with Crippen LogP contribution in [0.5, 0.6) is 5.75 Å². The molecule has 1 aliphatic carbocycles. The van der Waals surface area contributed by atoms with Gasteiger partial charge in [0.25, 0.3) is 0 Å². The predicted molar refractivity (Wildman–Crippen MR) is 114 cm³/mol. The van der Waals surface area contributed by atoms with Crippen LogP contribution < -0.4 is 4.74 Å². The Bertz CT molecular complexity index is 479. The van der Waals surface area contributed by atoms with Gasteiger partial charge in [-0.1, -0.05) is 44.7 Å². The van der Waals surface area contributed by atoms with E-state index in [2.05, 4.69) is 31.2 Å². The number of benzene rings is 1. The van der Waals surface area contributed by atoms with E-state index < -0.39 is 6.00 Å². The van der Waals surface area contributed by atoms with Crippen molar-refractivity contribution in [3.05, 3.63) is 29.8 Å². The highest BCUT2D eigenvalue weighted by Gasteiger charge is 2.24. The van der Waals surface area contributed by atoms with E-state index in [-0.39, 0.29) is 0 Å². The summed E-state index contributed by atoms with van der Waals surface area (Å²) in [4.78, 5) is 0. The molecule has 0 aromatic heterocycles. The number of ether oxygens (including phenoxy) is 1. The molecule has 1 aromatic rings. The molecule has 0 saturated heterocycles. The van der Waals surface area contributed by atoms with Crippen LogP contribution in [0.15, 0.2) is 24.3 Å². The molecule has 0 amide bonds. The van der Waals surface area contributed by atoms with Crippen LogP contribution in [0.1, 0.15) is 76.2 Å². The van der Waals surface area contributed by atoms with Gasteiger partial charge in [-0.15, -0.1) is 33.2 Å². The van der Waals surface area contributed by atoms with Gasteiger partial charge in [0, 0.05) is 0 Å². The first-order valence-electron chi connectivity index (χ1n) is 9.77. The zero-order chi connectivity index (χ0) is 18.1. The van der Waals surface area contributed by atoms with Gasteiger partial charge < -0.3 is 4.74 Å². The lowest BCUT2D eigenvalue weighted by molar-refractivity contribution is 0.302. The summed E-state index contributed by atoms with van der Waals surface area (Å²) in [5.41, 5.74) is 1.47. The van der Waals surface area contributed by atoms with Crippen LogP contribution in [-0.2, 0) is 0 Å². The second kappa shape index (κ2) is 11.1. The Morgan fingerprint density at radius 2 is 1.64 bits per heavy atom. The Balaban J connectivity index is 1.70. The molecule has 0 aliphatic heterocycles. The van der Waals surface area contributed by atoms with Crippen molar-refractivity contribution in [3.8, 4) is 5.75 Å². The third-order valence-electron chi connectivity index (χ3n) is 5.29. The van der Waals surface area contributed by atoms with Crippen molar-refractivity contribution in [3.63, 3.8) is 0 Å². The standard InChI is InChI=1S/C20H31Cl3OSi/c1-2-3-4-6-17-7-9-18(10-8-17)19-11-13-20(14-12-19)24-15-5-16-25(21,22)23/h11-14,17-18H,2-10,15-16H2,1H3. The SMILES string of the molecule is CCCCCC1CCC(c2ccc(OCCC[Si](Cl)(Cl)Cl)cc2)CC1. The molecule has 0 unspecified atom stereocenters. The molecule has 0 atom stereocenters.